The molecule has 3 rings (SSSR count). The van der Waals surface area contributed by atoms with Crippen molar-refractivity contribution < 1.29 is 59.6 Å². The van der Waals surface area contributed by atoms with Crippen molar-refractivity contribution in [3.8, 4) is 0 Å². The van der Waals surface area contributed by atoms with Crippen molar-refractivity contribution in [1.82, 2.24) is 0 Å². The van der Waals surface area contributed by atoms with Crippen molar-refractivity contribution in [2.24, 2.45) is 5.73 Å². The number of hydrogen-bond donors (Lipinski definition) is 8. The van der Waals surface area contributed by atoms with Gasteiger partial charge in [0.25, 0.3) is 5.69 Å². The zero-order valence-electron chi connectivity index (χ0n) is 18.4. The van der Waals surface area contributed by atoms with Crippen LogP contribution in [0, 0.1) is 10.1 Å². The quantitative estimate of drug-likeness (QED) is 0.118. The standard InChI is InChI=1S/C20H30N2O13/c21-5-10(8-1-3-9(4-2-8)22(30)31)33-20-18(29)16(27)14(25)12(35-20)7-32-19-17(28)15(26)13(24)11(6-23)34-19/h1-4,10-20,23-29H,5-7,21H2/t10?,11-,12-,13-,14-,15+,16+,17-,18-,19-,20-/m1/s1. The summed E-state index contributed by atoms with van der Waals surface area (Å²) in [5.41, 5.74) is 6.03. The first-order valence-corrected chi connectivity index (χ1v) is 10.8. The lowest BCUT2D eigenvalue weighted by molar-refractivity contribution is -0.384. The summed E-state index contributed by atoms with van der Waals surface area (Å²) in [6, 6.07) is 5.32. The van der Waals surface area contributed by atoms with Gasteiger partial charge >= 0.3 is 0 Å². The molecule has 11 atom stereocenters. The molecule has 2 fully saturated rings. The molecule has 2 heterocycles. The van der Waals surface area contributed by atoms with Crippen LogP contribution in [0.1, 0.15) is 11.7 Å². The molecule has 2 saturated heterocycles. The van der Waals surface area contributed by atoms with Gasteiger partial charge in [0.15, 0.2) is 12.6 Å². The Bertz CT molecular complexity index is 828. The number of non-ortho nitro benzene ring substituents is 1. The Labute approximate surface area is 199 Å². The highest BCUT2D eigenvalue weighted by Gasteiger charge is 2.47. The second-order valence-electron chi connectivity index (χ2n) is 8.25. The number of rotatable bonds is 9. The molecule has 2 aliphatic heterocycles. The molecule has 15 heteroatoms. The van der Waals surface area contributed by atoms with E-state index in [9.17, 15) is 45.9 Å². The molecule has 15 nitrogen and oxygen atoms in total. The van der Waals surface area contributed by atoms with Gasteiger partial charge in [0.2, 0.25) is 0 Å². The predicted octanol–water partition coefficient (Wildman–Crippen LogP) is -3.76. The SMILES string of the molecule is NCC(O[C@@H]1O[C@H](CO[C@@H]2O[C@H](CO)[C@@H](O)[C@H](O)[C@H]2O)[C@@H](O)[C@H](O)[C@H]1O)c1ccc([N+](=O)[O-])cc1. The molecule has 0 aliphatic carbocycles. The van der Waals surface area contributed by atoms with Gasteiger partial charge in [-0.05, 0) is 17.7 Å². The number of aliphatic hydroxyl groups excluding tert-OH is 7. The number of nitro benzene ring substituents is 1. The highest BCUT2D eigenvalue weighted by molar-refractivity contribution is 5.34. The van der Waals surface area contributed by atoms with E-state index in [0.717, 1.165) is 0 Å². The van der Waals surface area contributed by atoms with Crippen LogP contribution < -0.4 is 5.73 Å². The van der Waals surface area contributed by atoms with E-state index in [1.165, 1.54) is 24.3 Å². The van der Waals surface area contributed by atoms with Crippen LogP contribution in [0.3, 0.4) is 0 Å². The smallest absolute Gasteiger partial charge is 0.269 e. The Balaban J connectivity index is 1.66. The van der Waals surface area contributed by atoms with Gasteiger partial charge in [-0.3, -0.25) is 10.1 Å². The van der Waals surface area contributed by atoms with Gasteiger partial charge < -0.3 is 60.4 Å². The predicted molar refractivity (Wildman–Crippen MR) is 112 cm³/mol. The summed E-state index contributed by atoms with van der Waals surface area (Å²) >= 11 is 0. The van der Waals surface area contributed by atoms with Crippen LogP contribution in [0.4, 0.5) is 5.69 Å². The summed E-state index contributed by atoms with van der Waals surface area (Å²) in [7, 11) is 0. The number of hydrogen-bond acceptors (Lipinski definition) is 14. The summed E-state index contributed by atoms with van der Waals surface area (Å²) in [6.45, 7) is -1.30. The summed E-state index contributed by atoms with van der Waals surface area (Å²) in [6.07, 6.45) is -16.5. The lowest BCUT2D eigenvalue weighted by Crippen LogP contribution is -2.61. The van der Waals surface area contributed by atoms with E-state index < -0.39 is 85.7 Å². The van der Waals surface area contributed by atoms with Crippen molar-refractivity contribution in [2.45, 2.75) is 67.5 Å². The lowest BCUT2D eigenvalue weighted by Gasteiger charge is -2.43. The third-order valence-corrected chi connectivity index (χ3v) is 5.93. The van der Waals surface area contributed by atoms with Gasteiger partial charge in [0.05, 0.1) is 24.2 Å². The van der Waals surface area contributed by atoms with Gasteiger partial charge in [-0.25, -0.2) is 0 Å². The molecule has 1 aromatic carbocycles. The minimum Gasteiger partial charge on any atom is -0.394 e. The van der Waals surface area contributed by atoms with Crippen molar-refractivity contribution in [3.63, 3.8) is 0 Å². The van der Waals surface area contributed by atoms with Crippen molar-refractivity contribution in [1.29, 1.82) is 0 Å². The summed E-state index contributed by atoms with van der Waals surface area (Å²) in [5, 5.41) is 80.8. The number of benzene rings is 1. The Hall–Kier alpha value is -1.86. The van der Waals surface area contributed by atoms with Crippen LogP contribution in [-0.2, 0) is 18.9 Å². The monoisotopic (exact) mass is 506 g/mol. The van der Waals surface area contributed by atoms with Crippen LogP contribution in [0.2, 0.25) is 0 Å². The van der Waals surface area contributed by atoms with Crippen LogP contribution in [0.5, 0.6) is 0 Å². The van der Waals surface area contributed by atoms with E-state index in [1.807, 2.05) is 0 Å². The number of nitrogens with two attached hydrogens (primary N) is 1. The van der Waals surface area contributed by atoms with Crippen molar-refractivity contribution in [2.75, 3.05) is 19.8 Å². The van der Waals surface area contributed by atoms with Crippen LogP contribution >= 0.6 is 0 Å². The molecule has 2 aliphatic rings. The molecule has 1 aromatic rings. The van der Waals surface area contributed by atoms with E-state index in [0.29, 0.717) is 5.56 Å². The zero-order chi connectivity index (χ0) is 25.9. The average Bonchev–Trinajstić information content (AvgIpc) is 2.86. The fourth-order valence-corrected chi connectivity index (χ4v) is 3.80. The first kappa shape index (κ1) is 27.7. The highest BCUT2D eigenvalue weighted by atomic mass is 16.7. The van der Waals surface area contributed by atoms with E-state index in [1.54, 1.807) is 0 Å². The number of nitro groups is 1. The third-order valence-electron chi connectivity index (χ3n) is 5.93. The molecule has 0 saturated carbocycles. The molecule has 0 bridgehead atoms. The van der Waals surface area contributed by atoms with Gasteiger partial charge in [-0.2, -0.15) is 0 Å². The maximum atomic E-state index is 10.8. The molecule has 1 unspecified atom stereocenters. The second kappa shape index (κ2) is 11.9. The number of aliphatic hydroxyl groups is 7. The highest BCUT2D eigenvalue weighted by Crippen LogP contribution is 2.29. The second-order valence-corrected chi connectivity index (χ2v) is 8.25. The molecule has 0 amide bonds. The Morgan fingerprint density at radius 1 is 0.886 bits per heavy atom. The van der Waals surface area contributed by atoms with Gasteiger partial charge in [-0.15, -0.1) is 0 Å². The largest absolute Gasteiger partial charge is 0.394 e. The van der Waals surface area contributed by atoms with Crippen LogP contribution in [-0.4, -0.2) is 122 Å². The van der Waals surface area contributed by atoms with Crippen molar-refractivity contribution in [3.05, 3.63) is 39.9 Å². The maximum absolute atomic E-state index is 10.8. The molecule has 35 heavy (non-hydrogen) atoms. The molecule has 0 spiro atoms. The summed E-state index contributed by atoms with van der Waals surface area (Å²) < 4.78 is 21.8. The van der Waals surface area contributed by atoms with E-state index >= 15 is 0 Å². The topological polar surface area (TPSA) is 248 Å². The van der Waals surface area contributed by atoms with Crippen LogP contribution in [0.25, 0.3) is 0 Å². The summed E-state index contributed by atoms with van der Waals surface area (Å²) in [4.78, 5) is 10.3. The fourth-order valence-electron chi connectivity index (χ4n) is 3.80. The molecular weight excluding hydrogens is 476 g/mol. The van der Waals surface area contributed by atoms with Gasteiger partial charge in [-0.1, -0.05) is 0 Å². The minimum absolute atomic E-state index is 0.116. The molecule has 0 radical (unpaired) electrons. The first-order chi connectivity index (χ1) is 16.6. The number of ether oxygens (including phenoxy) is 4. The van der Waals surface area contributed by atoms with Crippen molar-refractivity contribution >= 4 is 5.69 Å². The Morgan fingerprint density at radius 3 is 1.97 bits per heavy atom. The Kier molecular flexibility index (Phi) is 9.44. The Morgan fingerprint density at radius 2 is 1.43 bits per heavy atom. The fraction of sp³-hybridized carbons (Fsp3) is 0.700. The van der Waals surface area contributed by atoms with Crippen LogP contribution in [0.15, 0.2) is 24.3 Å². The maximum Gasteiger partial charge on any atom is 0.269 e. The number of nitrogens with zero attached hydrogens (tertiary/aromatic N) is 1. The molecule has 0 aromatic heterocycles. The van der Waals surface area contributed by atoms with Gasteiger partial charge in [0, 0.05) is 18.7 Å². The zero-order valence-corrected chi connectivity index (χ0v) is 18.4. The summed E-state index contributed by atoms with van der Waals surface area (Å²) in [5.74, 6) is 0. The molecule has 198 valence electrons. The van der Waals surface area contributed by atoms with E-state index in [-0.39, 0.29) is 12.2 Å². The normalized spacial score (nSPS) is 38.7. The van der Waals surface area contributed by atoms with Gasteiger partial charge in [0.1, 0.15) is 48.8 Å². The molecular formula is C20H30N2O13. The van der Waals surface area contributed by atoms with E-state index in [4.69, 9.17) is 24.7 Å². The third kappa shape index (κ3) is 6.11. The molecule has 9 N–H and O–H groups in total. The first-order valence-electron chi connectivity index (χ1n) is 10.8. The average molecular weight is 506 g/mol. The lowest BCUT2D eigenvalue weighted by atomic mass is 9.98. The minimum atomic E-state index is -1.73. The van der Waals surface area contributed by atoms with E-state index in [2.05, 4.69) is 0 Å².